The quantitative estimate of drug-likeness (QED) is 0.197. The molecule has 0 radical (unpaired) electrons. The third kappa shape index (κ3) is 3.83. The molecule has 2 heterocycles. The zero-order valence-corrected chi connectivity index (χ0v) is 14.8. The molecule has 0 bridgehead atoms. The first-order chi connectivity index (χ1) is 14.0. The molecule has 2 aromatic carbocycles. The van der Waals surface area contributed by atoms with Crippen molar-refractivity contribution in [2.24, 2.45) is 0 Å². The molecule has 0 atom stereocenters. The summed E-state index contributed by atoms with van der Waals surface area (Å²) in [5.41, 5.74) is 1.21. The van der Waals surface area contributed by atoms with Crippen molar-refractivity contribution in [3.8, 4) is 11.5 Å². The fraction of sp³-hybridized carbons (Fsp3) is 0. The first-order valence-corrected chi connectivity index (χ1v) is 8.48. The van der Waals surface area contributed by atoms with Crippen molar-refractivity contribution in [1.29, 1.82) is 0 Å². The molecular formula is C20H14N4O5. The Kier molecular flexibility index (Phi) is 4.54. The van der Waals surface area contributed by atoms with Gasteiger partial charge in [-0.25, -0.2) is 9.97 Å². The molecule has 0 aliphatic heterocycles. The Labute approximate surface area is 163 Å². The van der Waals surface area contributed by atoms with Crippen LogP contribution < -0.4 is 5.32 Å². The van der Waals surface area contributed by atoms with E-state index in [1.807, 2.05) is 24.3 Å². The smallest absolute Gasteiger partial charge is 0.433 e. The highest BCUT2D eigenvalue weighted by Crippen LogP contribution is 2.30. The lowest BCUT2D eigenvalue weighted by Crippen LogP contribution is -1.99. The van der Waals surface area contributed by atoms with E-state index in [0.29, 0.717) is 28.6 Å². The number of benzene rings is 2. The zero-order chi connectivity index (χ0) is 20.4. The Morgan fingerprint density at radius 1 is 1.00 bits per heavy atom. The Balaban J connectivity index is 1.70. The van der Waals surface area contributed by atoms with Crippen LogP contribution in [0, 0.1) is 10.1 Å². The highest BCUT2D eigenvalue weighted by atomic mass is 16.6. The van der Waals surface area contributed by atoms with Gasteiger partial charge in [0.05, 0.1) is 11.6 Å². The highest BCUT2D eigenvalue weighted by Gasteiger charge is 2.11. The molecule has 0 saturated heterocycles. The van der Waals surface area contributed by atoms with E-state index < -0.39 is 4.92 Å². The minimum Gasteiger partial charge on any atom is -0.504 e. The normalized spacial score (nSPS) is 11.2. The van der Waals surface area contributed by atoms with Gasteiger partial charge in [0.15, 0.2) is 17.3 Å². The minimum absolute atomic E-state index is 0.223. The third-order valence-corrected chi connectivity index (χ3v) is 4.05. The second-order valence-corrected chi connectivity index (χ2v) is 6.04. The molecule has 4 rings (SSSR count). The number of nitrogens with one attached hydrogen (secondary N) is 1. The SMILES string of the molecule is O=[N+]([O-])c1ccc(C=Cc2nc(Nc3ccc(O)c(O)c3)c3ccccc3n2)o1. The first kappa shape index (κ1) is 18.0. The number of para-hydroxylation sites is 1. The van der Waals surface area contributed by atoms with Crippen molar-refractivity contribution in [1.82, 2.24) is 9.97 Å². The van der Waals surface area contributed by atoms with E-state index >= 15 is 0 Å². The molecule has 0 unspecified atom stereocenters. The lowest BCUT2D eigenvalue weighted by atomic mass is 10.2. The van der Waals surface area contributed by atoms with Gasteiger partial charge in [0, 0.05) is 17.1 Å². The number of phenolic OH excluding ortho intramolecular Hbond substituents is 2. The molecule has 4 aromatic rings. The summed E-state index contributed by atoms with van der Waals surface area (Å²) in [4.78, 5) is 19.0. The molecule has 9 nitrogen and oxygen atoms in total. The average Bonchev–Trinajstić information content (AvgIpc) is 3.19. The van der Waals surface area contributed by atoms with Gasteiger partial charge in [-0.3, -0.25) is 10.1 Å². The van der Waals surface area contributed by atoms with Crippen LogP contribution in [-0.4, -0.2) is 25.1 Å². The Bertz CT molecular complexity index is 1250. The molecule has 144 valence electrons. The summed E-state index contributed by atoms with van der Waals surface area (Å²) in [7, 11) is 0. The number of anilines is 2. The lowest BCUT2D eigenvalue weighted by molar-refractivity contribution is -0.402. The predicted molar refractivity (Wildman–Crippen MR) is 107 cm³/mol. The number of nitro groups is 1. The number of aromatic hydroxyl groups is 2. The maximum atomic E-state index is 10.7. The number of furan rings is 1. The molecule has 0 spiro atoms. The van der Waals surface area contributed by atoms with Crippen LogP contribution in [0.1, 0.15) is 11.6 Å². The van der Waals surface area contributed by atoms with Crippen molar-refractivity contribution in [2.75, 3.05) is 5.32 Å². The van der Waals surface area contributed by atoms with E-state index in [1.54, 1.807) is 12.1 Å². The van der Waals surface area contributed by atoms with Gasteiger partial charge in [-0.15, -0.1) is 0 Å². The van der Waals surface area contributed by atoms with Gasteiger partial charge in [0.2, 0.25) is 0 Å². The van der Waals surface area contributed by atoms with Gasteiger partial charge in [0.1, 0.15) is 16.5 Å². The van der Waals surface area contributed by atoms with Crippen LogP contribution in [0.3, 0.4) is 0 Å². The van der Waals surface area contributed by atoms with Crippen LogP contribution in [0.25, 0.3) is 23.1 Å². The van der Waals surface area contributed by atoms with Gasteiger partial charge in [-0.05, 0) is 42.5 Å². The lowest BCUT2D eigenvalue weighted by Gasteiger charge is -2.10. The Morgan fingerprint density at radius 3 is 2.59 bits per heavy atom. The zero-order valence-electron chi connectivity index (χ0n) is 14.8. The van der Waals surface area contributed by atoms with Crippen LogP contribution in [0.2, 0.25) is 0 Å². The maximum absolute atomic E-state index is 10.7. The van der Waals surface area contributed by atoms with Crippen LogP contribution in [0.5, 0.6) is 11.5 Å². The van der Waals surface area contributed by atoms with Crippen molar-refractivity contribution < 1.29 is 19.6 Å². The Hall–Kier alpha value is -4.40. The van der Waals surface area contributed by atoms with Gasteiger partial charge < -0.3 is 19.9 Å². The molecule has 0 amide bonds. The number of hydrogen-bond donors (Lipinski definition) is 3. The van der Waals surface area contributed by atoms with Crippen molar-refractivity contribution >= 4 is 40.4 Å². The van der Waals surface area contributed by atoms with Crippen molar-refractivity contribution in [3.05, 3.63) is 76.3 Å². The van der Waals surface area contributed by atoms with Crippen LogP contribution in [-0.2, 0) is 0 Å². The van der Waals surface area contributed by atoms with Crippen molar-refractivity contribution in [2.45, 2.75) is 0 Å². The van der Waals surface area contributed by atoms with E-state index in [4.69, 9.17) is 4.42 Å². The standard InChI is InChI=1S/C20H14N4O5/c25-16-8-5-12(11-17(16)26)21-20-14-3-1-2-4-15(14)22-18(23-20)9-6-13-7-10-19(29-13)24(27)28/h1-11,25-26H,(H,21,22,23). The average molecular weight is 390 g/mol. The highest BCUT2D eigenvalue weighted by molar-refractivity contribution is 5.91. The molecular weight excluding hydrogens is 376 g/mol. The predicted octanol–water partition coefficient (Wildman–Crippen LogP) is 4.46. The van der Waals surface area contributed by atoms with Gasteiger partial charge >= 0.3 is 5.88 Å². The molecule has 29 heavy (non-hydrogen) atoms. The van der Waals surface area contributed by atoms with E-state index in [2.05, 4.69) is 15.3 Å². The monoisotopic (exact) mass is 390 g/mol. The third-order valence-electron chi connectivity index (χ3n) is 4.05. The van der Waals surface area contributed by atoms with Crippen LogP contribution in [0.15, 0.2) is 59.0 Å². The largest absolute Gasteiger partial charge is 0.504 e. The van der Waals surface area contributed by atoms with Crippen molar-refractivity contribution in [3.63, 3.8) is 0 Å². The molecule has 0 fully saturated rings. The molecule has 3 N–H and O–H groups in total. The molecule has 0 saturated carbocycles. The van der Waals surface area contributed by atoms with E-state index in [-0.39, 0.29) is 17.4 Å². The maximum Gasteiger partial charge on any atom is 0.433 e. The number of aromatic nitrogens is 2. The summed E-state index contributed by atoms with van der Waals surface area (Å²) < 4.78 is 5.10. The van der Waals surface area contributed by atoms with Crippen LogP contribution >= 0.6 is 0 Å². The summed E-state index contributed by atoms with van der Waals surface area (Å²) in [6, 6.07) is 14.5. The molecule has 2 aromatic heterocycles. The molecule has 0 aliphatic carbocycles. The number of nitrogens with zero attached hydrogens (tertiary/aromatic N) is 3. The summed E-state index contributed by atoms with van der Waals surface area (Å²) in [6.45, 7) is 0. The molecule has 9 heteroatoms. The number of rotatable bonds is 5. The van der Waals surface area contributed by atoms with E-state index in [0.717, 1.165) is 5.39 Å². The summed E-state index contributed by atoms with van der Waals surface area (Å²) in [5, 5.41) is 33.8. The van der Waals surface area contributed by atoms with E-state index in [9.17, 15) is 20.3 Å². The van der Waals surface area contributed by atoms with Crippen LogP contribution in [0.4, 0.5) is 17.4 Å². The summed E-state index contributed by atoms with van der Waals surface area (Å²) in [5.74, 6) is 0.316. The summed E-state index contributed by atoms with van der Waals surface area (Å²) in [6.07, 6.45) is 3.11. The first-order valence-electron chi connectivity index (χ1n) is 8.48. The fourth-order valence-electron chi connectivity index (χ4n) is 2.69. The fourth-order valence-corrected chi connectivity index (χ4v) is 2.69. The second kappa shape index (κ2) is 7.31. The van der Waals surface area contributed by atoms with E-state index in [1.165, 1.54) is 30.3 Å². The number of fused-ring (bicyclic) bond motifs is 1. The second-order valence-electron chi connectivity index (χ2n) is 6.04. The number of phenols is 2. The van der Waals surface area contributed by atoms with Gasteiger partial charge in [-0.2, -0.15) is 0 Å². The topological polar surface area (TPSA) is 135 Å². The van der Waals surface area contributed by atoms with Gasteiger partial charge in [-0.1, -0.05) is 12.1 Å². The van der Waals surface area contributed by atoms with Gasteiger partial charge in [0.25, 0.3) is 0 Å². The minimum atomic E-state index is -0.612. The summed E-state index contributed by atoms with van der Waals surface area (Å²) >= 11 is 0. The molecule has 0 aliphatic rings. The number of hydrogen-bond acceptors (Lipinski definition) is 8. The Morgan fingerprint density at radius 2 is 1.83 bits per heavy atom.